The van der Waals surface area contributed by atoms with Gasteiger partial charge < -0.3 is 9.64 Å². The van der Waals surface area contributed by atoms with E-state index in [1.807, 2.05) is 0 Å². The summed E-state index contributed by atoms with van der Waals surface area (Å²) in [7, 11) is 2.29. The minimum Gasteiger partial charge on any atom is -0.379 e. The van der Waals surface area contributed by atoms with E-state index in [-0.39, 0.29) is 5.54 Å². The summed E-state index contributed by atoms with van der Waals surface area (Å²) in [5.74, 6) is 0.800. The van der Waals surface area contributed by atoms with Crippen LogP contribution in [0, 0.1) is 5.92 Å². The second kappa shape index (κ2) is 8.63. The highest BCUT2D eigenvalue weighted by Gasteiger charge is 2.31. The largest absolute Gasteiger partial charge is 0.379 e. The molecule has 25 heavy (non-hydrogen) atoms. The molecular formula is C21H35N3O. The Labute approximate surface area is 153 Å². The number of morpholine rings is 1. The van der Waals surface area contributed by atoms with Crippen molar-refractivity contribution in [1.82, 2.24) is 14.7 Å². The normalized spacial score (nSPS) is 23.4. The Morgan fingerprint density at radius 3 is 2.56 bits per heavy atom. The Hall–Kier alpha value is -0.940. The highest BCUT2D eigenvalue weighted by Crippen LogP contribution is 2.22. The van der Waals surface area contributed by atoms with Gasteiger partial charge in [-0.1, -0.05) is 30.3 Å². The van der Waals surface area contributed by atoms with E-state index in [2.05, 4.69) is 65.9 Å². The van der Waals surface area contributed by atoms with E-state index in [0.717, 1.165) is 45.3 Å². The molecule has 0 N–H and O–H groups in total. The maximum Gasteiger partial charge on any atom is 0.0594 e. The van der Waals surface area contributed by atoms with Gasteiger partial charge in [0.05, 0.1) is 13.2 Å². The summed E-state index contributed by atoms with van der Waals surface area (Å²) in [5, 5.41) is 0. The van der Waals surface area contributed by atoms with Crippen LogP contribution in [-0.4, -0.2) is 79.8 Å². The van der Waals surface area contributed by atoms with Gasteiger partial charge in [0.15, 0.2) is 0 Å². The number of likely N-dealkylation sites (N-methyl/N-ethyl adjacent to an activating group) is 1. The van der Waals surface area contributed by atoms with Crippen molar-refractivity contribution in [2.75, 3.05) is 59.5 Å². The second-order valence-electron chi connectivity index (χ2n) is 8.48. The van der Waals surface area contributed by atoms with Crippen molar-refractivity contribution in [2.24, 2.45) is 5.92 Å². The van der Waals surface area contributed by atoms with Crippen molar-refractivity contribution in [1.29, 1.82) is 0 Å². The lowest BCUT2D eigenvalue weighted by atomic mass is 10.00. The van der Waals surface area contributed by atoms with Gasteiger partial charge in [-0.15, -0.1) is 0 Å². The minimum absolute atomic E-state index is 0.223. The lowest BCUT2D eigenvalue weighted by molar-refractivity contribution is -0.0203. The third-order valence-electron chi connectivity index (χ3n) is 5.71. The lowest BCUT2D eigenvalue weighted by Gasteiger charge is -2.43. The number of hydrogen-bond donors (Lipinski definition) is 0. The van der Waals surface area contributed by atoms with Crippen LogP contribution in [0.1, 0.15) is 25.8 Å². The van der Waals surface area contributed by atoms with E-state index in [1.54, 1.807) is 0 Å². The molecule has 140 valence electrons. The van der Waals surface area contributed by atoms with Crippen LogP contribution in [0.3, 0.4) is 0 Å². The molecule has 2 heterocycles. The van der Waals surface area contributed by atoms with Crippen LogP contribution in [0.2, 0.25) is 0 Å². The van der Waals surface area contributed by atoms with Gasteiger partial charge in [0.1, 0.15) is 0 Å². The van der Waals surface area contributed by atoms with Crippen LogP contribution in [0.5, 0.6) is 0 Å². The fraction of sp³-hybridized carbons (Fsp3) is 0.714. The molecule has 1 unspecified atom stereocenters. The third kappa shape index (κ3) is 5.52. The summed E-state index contributed by atoms with van der Waals surface area (Å²) < 4.78 is 5.51. The number of likely N-dealkylation sites (tertiary alicyclic amines) is 1. The summed E-state index contributed by atoms with van der Waals surface area (Å²) in [6, 6.07) is 10.9. The number of nitrogens with zero attached hydrogens (tertiary/aromatic N) is 3. The van der Waals surface area contributed by atoms with Crippen molar-refractivity contribution in [3.63, 3.8) is 0 Å². The fourth-order valence-electron chi connectivity index (χ4n) is 4.48. The molecule has 0 aliphatic carbocycles. The molecule has 0 radical (unpaired) electrons. The monoisotopic (exact) mass is 345 g/mol. The van der Waals surface area contributed by atoms with E-state index < -0.39 is 0 Å². The van der Waals surface area contributed by atoms with Gasteiger partial charge in [-0.25, -0.2) is 0 Å². The average molecular weight is 346 g/mol. The van der Waals surface area contributed by atoms with Gasteiger partial charge in [-0.05, 0) is 45.3 Å². The topological polar surface area (TPSA) is 19.0 Å². The molecule has 0 amide bonds. The van der Waals surface area contributed by atoms with E-state index >= 15 is 0 Å². The Bertz CT molecular complexity index is 513. The van der Waals surface area contributed by atoms with Crippen LogP contribution in [0.25, 0.3) is 0 Å². The third-order valence-corrected chi connectivity index (χ3v) is 5.71. The fourth-order valence-corrected chi connectivity index (χ4v) is 4.48. The molecule has 2 fully saturated rings. The predicted molar refractivity (Wildman–Crippen MR) is 104 cm³/mol. The van der Waals surface area contributed by atoms with Gasteiger partial charge in [0.25, 0.3) is 0 Å². The van der Waals surface area contributed by atoms with Crippen molar-refractivity contribution < 1.29 is 4.74 Å². The number of rotatable bonds is 7. The van der Waals surface area contributed by atoms with E-state index in [0.29, 0.717) is 0 Å². The molecule has 1 atom stereocenters. The van der Waals surface area contributed by atoms with Crippen LogP contribution in [0.4, 0.5) is 0 Å². The summed E-state index contributed by atoms with van der Waals surface area (Å²) >= 11 is 0. The predicted octanol–water partition coefficient (Wildman–Crippen LogP) is 2.55. The van der Waals surface area contributed by atoms with Crippen LogP contribution in [-0.2, 0) is 11.3 Å². The molecular weight excluding hydrogens is 310 g/mol. The average Bonchev–Trinajstić information content (AvgIpc) is 3.03. The zero-order valence-corrected chi connectivity index (χ0v) is 16.3. The van der Waals surface area contributed by atoms with E-state index in [9.17, 15) is 0 Å². The molecule has 0 aromatic heterocycles. The summed E-state index contributed by atoms with van der Waals surface area (Å²) in [5.41, 5.74) is 1.66. The van der Waals surface area contributed by atoms with Crippen molar-refractivity contribution in [3.8, 4) is 0 Å². The molecule has 4 heteroatoms. The Morgan fingerprint density at radius 1 is 1.12 bits per heavy atom. The molecule has 0 saturated carbocycles. The first-order chi connectivity index (χ1) is 12.0. The molecule has 0 spiro atoms. The molecule has 2 aliphatic rings. The zero-order chi connectivity index (χ0) is 17.7. The minimum atomic E-state index is 0.223. The van der Waals surface area contributed by atoms with Crippen molar-refractivity contribution in [3.05, 3.63) is 35.9 Å². The number of benzene rings is 1. The first-order valence-electron chi connectivity index (χ1n) is 9.80. The molecule has 0 bridgehead atoms. The van der Waals surface area contributed by atoms with Crippen molar-refractivity contribution in [2.45, 2.75) is 32.4 Å². The summed E-state index contributed by atoms with van der Waals surface area (Å²) in [6.45, 7) is 14.5. The number of hydrogen-bond acceptors (Lipinski definition) is 4. The SMILES string of the molecule is CN(CC1CCN(Cc2ccccc2)C1)CC(C)(C)N1CCOCC1. The Balaban J connectivity index is 1.43. The van der Waals surface area contributed by atoms with E-state index in [4.69, 9.17) is 4.74 Å². The zero-order valence-electron chi connectivity index (χ0n) is 16.3. The molecule has 3 rings (SSSR count). The standard InChI is InChI=1S/C21H35N3O/c1-21(2,24-11-13-25-14-12-24)18-22(3)15-20-9-10-23(17-20)16-19-7-5-4-6-8-19/h4-8,20H,9-18H2,1-3H3. The highest BCUT2D eigenvalue weighted by molar-refractivity contribution is 5.14. The Morgan fingerprint density at radius 2 is 1.84 bits per heavy atom. The van der Waals surface area contributed by atoms with Gasteiger partial charge in [-0.3, -0.25) is 9.80 Å². The maximum atomic E-state index is 5.51. The molecule has 1 aromatic carbocycles. The highest BCUT2D eigenvalue weighted by atomic mass is 16.5. The van der Waals surface area contributed by atoms with Crippen LogP contribution in [0.15, 0.2) is 30.3 Å². The molecule has 2 aliphatic heterocycles. The van der Waals surface area contributed by atoms with Crippen LogP contribution >= 0.6 is 0 Å². The van der Waals surface area contributed by atoms with Gasteiger partial charge >= 0.3 is 0 Å². The first-order valence-corrected chi connectivity index (χ1v) is 9.80. The lowest BCUT2D eigenvalue weighted by Crippen LogP contribution is -2.55. The second-order valence-corrected chi connectivity index (χ2v) is 8.48. The van der Waals surface area contributed by atoms with Gasteiger partial charge in [0, 0.05) is 44.8 Å². The summed E-state index contributed by atoms with van der Waals surface area (Å²) in [6.07, 6.45) is 1.33. The van der Waals surface area contributed by atoms with Crippen LogP contribution < -0.4 is 0 Å². The Kier molecular flexibility index (Phi) is 6.50. The first kappa shape index (κ1) is 18.8. The van der Waals surface area contributed by atoms with Gasteiger partial charge in [0.2, 0.25) is 0 Å². The number of ether oxygens (including phenoxy) is 1. The van der Waals surface area contributed by atoms with Gasteiger partial charge in [-0.2, -0.15) is 0 Å². The van der Waals surface area contributed by atoms with Crippen molar-refractivity contribution >= 4 is 0 Å². The quantitative estimate of drug-likeness (QED) is 0.756. The molecule has 1 aromatic rings. The molecule has 4 nitrogen and oxygen atoms in total. The molecule has 2 saturated heterocycles. The maximum absolute atomic E-state index is 5.51. The smallest absolute Gasteiger partial charge is 0.0594 e. The van der Waals surface area contributed by atoms with E-state index in [1.165, 1.54) is 31.6 Å². The summed E-state index contributed by atoms with van der Waals surface area (Å²) in [4.78, 5) is 7.75.